The average Bonchev–Trinajstić information content (AvgIpc) is 2.93. The van der Waals surface area contributed by atoms with Crippen LogP contribution < -0.4 is 0 Å². The van der Waals surface area contributed by atoms with Gasteiger partial charge in [0, 0.05) is 57.3 Å². The molecule has 0 aromatic heterocycles. The van der Waals surface area contributed by atoms with E-state index in [1.54, 1.807) is 0 Å². The van der Waals surface area contributed by atoms with Crippen LogP contribution in [0.15, 0.2) is 0 Å². The molecule has 0 heterocycles. The average molecular weight is 554 g/mol. The van der Waals surface area contributed by atoms with Gasteiger partial charge < -0.3 is 38.6 Å². The Kier molecular flexibility index (Phi) is 27.3. The van der Waals surface area contributed by atoms with E-state index in [1.807, 2.05) is 0 Å². The minimum Gasteiger partial charge on any atom is -0.400 e. The lowest BCUT2D eigenvalue weighted by Crippen LogP contribution is -2.48. The van der Waals surface area contributed by atoms with Crippen LogP contribution in [0.5, 0.6) is 0 Å². The molecule has 10 nitrogen and oxygen atoms in total. The minimum absolute atomic E-state index is 0.147. The number of rotatable bonds is 20. The van der Waals surface area contributed by atoms with Crippen molar-refractivity contribution >= 4 is 8.53 Å². The summed E-state index contributed by atoms with van der Waals surface area (Å²) >= 11 is 0. The summed E-state index contributed by atoms with van der Waals surface area (Å²) in [4.78, 5) is 0. The first-order chi connectivity index (χ1) is 20.1. The van der Waals surface area contributed by atoms with Crippen LogP contribution in [-0.2, 0) is 23.3 Å². The van der Waals surface area contributed by atoms with Crippen molar-refractivity contribution in [1.29, 1.82) is 9.56 Å². The molecule has 36 heavy (non-hydrogen) atoms. The van der Waals surface area contributed by atoms with Gasteiger partial charge in [0.1, 0.15) is 5.60 Å². The first-order valence-corrected chi connectivity index (χ1v) is 13.1. The summed E-state index contributed by atoms with van der Waals surface area (Å²) in [5.74, 6) is 0. The summed E-state index contributed by atoms with van der Waals surface area (Å²) in [6.07, 6.45) is 2.12. The number of hydrogen-bond donors (Lipinski definition) is 3. The van der Waals surface area contributed by atoms with Crippen molar-refractivity contribution < 1.29 is 42.7 Å². The van der Waals surface area contributed by atoms with Crippen molar-refractivity contribution in [2.24, 2.45) is 0 Å². The van der Waals surface area contributed by atoms with Crippen LogP contribution in [0.4, 0.5) is 0 Å². The molecule has 0 rings (SSSR count). The van der Waals surface area contributed by atoms with E-state index >= 15 is 0 Å². The summed E-state index contributed by atoms with van der Waals surface area (Å²) in [7, 11) is 2.33. The molecule has 1 atom stereocenters. The first kappa shape index (κ1) is 30.1. The molecule has 0 amide bonds. The molecule has 0 aliphatic carbocycles. The summed E-state index contributed by atoms with van der Waals surface area (Å²) in [5.41, 5.74) is -0.952. The third-order valence-corrected chi connectivity index (χ3v) is 6.14. The monoisotopic (exact) mass is 553 g/mol. The van der Waals surface area contributed by atoms with Crippen LogP contribution in [0.25, 0.3) is 0 Å². The Morgan fingerprint density at radius 2 is 1.25 bits per heavy atom. The van der Waals surface area contributed by atoms with Crippen molar-refractivity contribution in [3.8, 4) is 6.07 Å². The SMILES string of the molecule is [2H]CCCOCC(COCCC[2H])(COCCC[2H])OP(OCCC#N)N(C(C)C)C(C)C.[3H]OC.[3H]OC.[3H]OC. The molecule has 0 aromatic rings. The van der Waals surface area contributed by atoms with Crippen LogP contribution >= 0.6 is 8.53 Å². The standard InChI is InChI=1S/C22H45N2O5P.3CH4O/c1-8-13-25-17-22(18-26-14-9-2,19-27-15-10-3)29-30(28-16-11-12-23)24(20(4)5)21(6)7;3*1-2/h20-21H,8-11,13-19H2,1-7H3;3*2H,1H3/i1D,2D,3D;3*2T. The lowest BCUT2D eigenvalue weighted by Gasteiger charge is -2.41. The van der Waals surface area contributed by atoms with Gasteiger partial charge in [-0.3, -0.25) is 0 Å². The van der Waals surface area contributed by atoms with Gasteiger partial charge in [0.15, 0.2) is 0 Å². The fourth-order valence-corrected chi connectivity index (χ4v) is 4.50. The Morgan fingerprint density at radius 3 is 1.56 bits per heavy atom. The zero-order valence-corrected chi connectivity index (χ0v) is 24.6. The van der Waals surface area contributed by atoms with E-state index in [2.05, 4.69) is 53.8 Å². The molecule has 0 spiro atoms. The van der Waals surface area contributed by atoms with Crippen molar-refractivity contribution in [3.05, 3.63) is 0 Å². The molecule has 0 bridgehead atoms. The molecule has 0 aliphatic heterocycles. The second kappa shape index (κ2) is 32.6. The third-order valence-electron chi connectivity index (χ3n) is 3.90. The third kappa shape index (κ3) is 22.7. The fourth-order valence-electron chi connectivity index (χ4n) is 2.73. The maximum atomic E-state index is 8.99. The van der Waals surface area contributed by atoms with E-state index in [-0.39, 0.29) is 65.6 Å². The molecule has 0 radical (unpaired) electrons. The van der Waals surface area contributed by atoms with Crippen LogP contribution in [0.2, 0.25) is 0 Å². The van der Waals surface area contributed by atoms with E-state index in [0.29, 0.717) is 39.1 Å². The van der Waals surface area contributed by atoms with Gasteiger partial charge in [0.25, 0.3) is 8.53 Å². The Labute approximate surface area is 231 Å². The molecule has 3 N–H and O–H groups in total. The lowest BCUT2D eigenvalue weighted by molar-refractivity contribution is -0.121. The highest BCUT2D eigenvalue weighted by atomic mass is 31.2. The van der Waals surface area contributed by atoms with E-state index < -0.39 is 14.1 Å². The highest BCUT2D eigenvalue weighted by molar-refractivity contribution is 7.44. The quantitative estimate of drug-likeness (QED) is 0.149. The van der Waals surface area contributed by atoms with Crippen molar-refractivity contribution in [1.82, 2.24) is 4.67 Å². The summed E-state index contributed by atoms with van der Waals surface area (Å²) in [5, 5.41) is 19.5. The van der Waals surface area contributed by atoms with Gasteiger partial charge in [-0.1, -0.05) is 20.7 Å². The maximum Gasteiger partial charge on any atom is 0.260 e. The topological polar surface area (TPSA) is 134 Å². The smallest absolute Gasteiger partial charge is 0.260 e. The highest BCUT2D eigenvalue weighted by Crippen LogP contribution is 2.49. The van der Waals surface area contributed by atoms with Gasteiger partial charge in [-0.2, -0.15) is 5.26 Å². The van der Waals surface area contributed by atoms with Crippen molar-refractivity contribution in [2.75, 3.05) is 67.6 Å². The Hall–Kier alpha value is -0.440. The summed E-state index contributed by atoms with van der Waals surface area (Å²) in [6.45, 7) is 11.3. The van der Waals surface area contributed by atoms with Crippen molar-refractivity contribution in [3.63, 3.8) is 0 Å². The lowest BCUT2D eigenvalue weighted by atomic mass is 10.1. The second-order valence-electron chi connectivity index (χ2n) is 7.54. The van der Waals surface area contributed by atoms with Gasteiger partial charge in [0.05, 0.1) is 38.9 Å². The zero-order chi connectivity index (χ0) is 33.1. The van der Waals surface area contributed by atoms with Gasteiger partial charge in [-0.25, -0.2) is 4.67 Å². The van der Waals surface area contributed by atoms with Crippen LogP contribution in [-0.4, -0.2) is 110 Å². The number of nitriles is 1. The first-order valence-electron chi connectivity index (χ1n) is 15.3. The van der Waals surface area contributed by atoms with E-state index in [9.17, 15) is 0 Å². The molecule has 0 aliphatic rings. The number of nitrogens with zero attached hydrogens (tertiary/aromatic N) is 2. The number of hydrogen-bond acceptors (Lipinski definition) is 10. The molecular weight excluding hydrogens is 487 g/mol. The Balaban J connectivity index is -0.000000705. The molecule has 220 valence electrons. The summed E-state index contributed by atoms with van der Waals surface area (Å²) < 4.78 is 71.8. The largest absolute Gasteiger partial charge is 0.400 e. The van der Waals surface area contributed by atoms with Crippen LogP contribution in [0.1, 0.15) is 78.2 Å². The zero-order valence-electron chi connectivity index (χ0n) is 29.7. The second-order valence-corrected chi connectivity index (χ2v) is 8.92. The van der Waals surface area contributed by atoms with Gasteiger partial charge in [0.2, 0.25) is 4.29 Å². The van der Waals surface area contributed by atoms with Crippen LogP contribution in [0, 0.1) is 11.3 Å². The maximum absolute atomic E-state index is 8.99. The van der Waals surface area contributed by atoms with Gasteiger partial charge in [-0.05, 0) is 47.0 Å². The molecular formula is C25H57N2O8P. The highest BCUT2D eigenvalue weighted by Gasteiger charge is 2.40. The number of aliphatic hydroxyl groups excluding tert-OH is 3. The molecule has 0 fully saturated rings. The number of ether oxygens (including phenoxy) is 3. The molecule has 11 heteroatoms. The van der Waals surface area contributed by atoms with Gasteiger partial charge >= 0.3 is 0 Å². The van der Waals surface area contributed by atoms with Crippen LogP contribution in [0.3, 0.4) is 0 Å². The minimum atomic E-state index is -1.54. The Bertz CT molecular complexity index is 517. The fraction of sp³-hybridized carbons (Fsp3) is 0.960. The summed E-state index contributed by atoms with van der Waals surface area (Å²) in [6, 6.07) is 2.41. The molecule has 1 unspecified atom stereocenters. The molecule has 0 aromatic carbocycles. The number of aliphatic hydroxyl groups is 3. The van der Waals surface area contributed by atoms with Crippen molar-refractivity contribution in [2.45, 2.75) is 91.8 Å². The predicted octanol–water partition coefficient (Wildman–Crippen LogP) is 4.12. The van der Waals surface area contributed by atoms with E-state index in [4.69, 9.17) is 36.9 Å². The molecule has 0 saturated carbocycles. The Morgan fingerprint density at radius 1 is 0.861 bits per heavy atom. The van der Waals surface area contributed by atoms with Gasteiger partial charge in [-0.15, -0.1) is 0 Å². The van der Waals surface area contributed by atoms with E-state index in [0.717, 1.165) is 0 Å². The van der Waals surface area contributed by atoms with E-state index in [1.165, 1.54) is 21.3 Å². The normalized spacial score (nSPS) is 13.8. The predicted molar refractivity (Wildman–Crippen MR) is 147 cm³/mol. The molecule has 0 saturated heterocycles.